The molecule has 12 nitrogen and oxygen atoms in total. The Morgan fingerprint density at radius 1 is 0.658 bits per heavy atom. The second-order valence-corrected chi connectivity index (χ2v) is 22.9. The molecule has 25 heteroatoms. The molecule has 0 saturated carbocycles. The van der Waals surface area contributed by atoms with E-state index in [0.29, 0.717) is 54.9 Å². The Labute approximate surface area is 509 Å². The Bertz CT molecular complexity index is 2390. The second-order valence-electron chi connectivity index (χ2n) is 15.8. The Kier molecular flexibility index (Phi) is 37.2. The Hall–Kier alpha value is -2.70. The molecule has 418 valence electrons. The molecule has 0 unspecified atom stereocenters. The van der Waals surface area contributed by atoms with E-state index in [0.717, 1.165) is 57.9 Å². The molecule has 0 radical (unpaired) electrons. The molecule has 0 atom stereocenters. The van der Waals surface area contributed by atoms with Crippen LogP contribution in [0.1, 0.15) is 51.4 Å². The normalized spacial score (nSPS) is 13.9. The maximum Gasteiger partial charge on any atom is 0.515 e. The molecule has 3 aliphatic rings. The van der Waals surface area contributed by atoms with Crippen LogP contribution in [0.5, 0.6) is 17.2 Å². The fourth-order valence-corrected chi connectivity index (χ4v) is 7.34. The zero-order valence-corrected chi connectivity index (χ0v) is 50.6. The molecule has 3 saturated heterocycles. The number of alkyl halides is 6. The van der Waals surface area contributed by atoms with Gasteiger partial charge in [-0.3, -0.25) is 0 Å². The van der Waals surface area contributed by atoms with E-state index in [9.17, 15) is 14.4 Å². The number of hydrogen-bond donors (Lipinski definition) is 2. The first-order valence-electron chi connectivity index (χ1n) is 22.5. The van der Waals surface area contributed by atoms with Gasteiger partial charge in [-0.15, -0.1) is 24.7 Å². The summed E-state index contributed by atoms with van der Waals surface area (Å²) >= 11 is 69.2. The number of nitrogens with zero attached hydrogens (tertiary/aromatic N) is 2. The van der Waals surface area contributed by atoms with Crippen LogP contribution in [0.2, 0.25) is 30.1 Å². The maximum atomic E-state index is 12.0. The molecular weight excluding hydrogens is 1260 g/mol. The summed E-state index contributed by atoms with van der Waals surface area (Å²) in [6, 6.07) is 23.8. The summed E-state index contributed by atoms with van der Waals surface area (Å²) in [6.45, 7) is 5.66. The molecule has 0 aromatic heterocycles. The number of amides is 1. The predicted molar refractivity (Wildman–Crippen MR) is 315 cm³/mol. The van der Waals surface area contributed by atoms with E-state index >= 15 is 0 Å². The number of anilines is 1. The largest absolute Gasteiger partial charge is 0.515 e. The monoisotopic (exact) mass is 1310 g/mol. The van der Waals surface area contributed by atoms with E-state index in [1.807, 2.05) is 32.3 Å². The summed E-state index contributed by atoms with van der Waals surface area (Å²) in [5.74, 6) is 7.49. The van der Waals surface area contributed by atoms with Crippen LogP contribution in [0.4, 0.5) is 20.1 Å². The Morgan fingerprint density at radius 3 is 1.45 bits per heavy atom. The molecule has 0 spiro atoms. The van der Waals surface area contributed by atoms with Crippen molar-refractivity contribution < 1.29 is 43.2 Å². The average Bonchev–Trinajstić information content (AvgIpc) is 3.95. The summed E-state index contributed by atoms with van der Waals surface area (Å²) in [5, 5.41) is 14.4. The molecule has 4 aromatic rings. The van der Waals surface area contributed by atoms with Gasteiger partial charge in [0.2, 0.25) is 0 Å². The summed E-state index contributed by atoms with van der Waals surface area (Å²) in [5.41, 5.74) is 0.339. The van der Waals surface area contributed by atoms with Gasteiger partial charge in [0.25, 0.3) is 0 Å². The van der Waals surface area contributed by atoms with Crippen molar-refractivity contribution >= 4 is 174 Å². The minimum atomic E-state index is -2.24. The van der Waals surface area contributed by atoms with Gasteiger partial charge in [0.1, 0.15) is 17.2 Å². The van der Waals surface area contributed by atoms with E-state index in [1.54, 1.807) is 23.1 Å². The van der Waals surface area contributed by atoms with Crippen LogP contribution in [-0.4, -0.2) is 89.1 Å². The first-order chi connectivity index (χ1) is 35.7. The molecule has 4 aromatic carbocycles. The van der Waals surface area contributed by atoms with E-state index < -0.39 is 19.5 Å². The van der Waals surface area contributed by atoms with Crippen LogP contribution in [0, 0.1) is 36.5 Å². The van der Waals surface area contributed by atoms with Gasteiger partial charge in [-0.25, -0.2) is 14.4 Å². The lowest BCUT2D eigenvalue weighted by Crippen LogP contribution is -2.40. The number of aromatic hydroxyl groups is 1. The number of halogens is 13. The van der Waals surface area contributed by atoms with Crippen molar-refractivity contribution in [3.8, 4) is 41.9 Å². The number of nitrogens with one attached hydrogen (secondary N) is 1. The third-order valence-electron chi connectivity index (χ3n) is 9.73. The van der Waals surface area contributed by atoms with Gasteiger partial charge in [-0.1, -0.05) is 87.8 Å². The lowest BCUT2D eigenvalue weighted by molar-refractivity contribution is 0.0508. The highest BCUT2D eigenvalue weighted by Crippen LogP contribution is 2.33. The van der Waals surface area contributed by atoms with Crippen molar-refractivity contribution in [3.63, 3.8) is 0 Å². The van der Waals surface area contributed by atoms with Crippen molar-refractivity contribution in [2.45, 2.75) is 59.3 Å². The third kappa shape index (κ3) is 35.7. The van der Waals surface area contributed by atoms with E-state index in [1.165, 1.54) is 67.8 Å². The van der Waals surface area contributed by atoms with Gasteiger partial charge in [-0.05, 0) is 188 Å². The molecule has 7 rings (SSSR count). The fourth-order valence-electron chi connectivity index (χ4n) is 6.01. The van der Waals surface area contributed by atoms with Crippen LogP contribution in [0.25, 0.3) is 0 Å². The van der Waals surface area contributed by atoms with E-state index in [-0.39, 0.29) is 17.6 Å². The highest BCUT2D eigenvalue weighted by atomic mass is 35.6. The van der Waals surface area contributed by atoms with Crippen LogP contribution in [-0.2, 0) is 14.2 Å². The molecule has 3 aliphatic heterocycles. The van der Waals surface area contributed by atoms with Crippen LogP contribution in [0.3, 0.4) is 0 Å². The van der Waals surface area contributed by atoms with E-state index in [4.69, 9.17) is 178 Å². The number of hydrogen-bond acceptors (Lipinski definition) is 11. The predicted octanol–water partition coefficient (Wildman–Crippen LogP) is 18.0. The number of para-hydroxylation sites is 1. The third-order valence-corrected chi connectivity index (χ3v) is 12.5. The standard InChI is InChI=1S/C15H15Cl2NO2.C8H11N.C8H13N.C7H3Cl3O2.C6H4Cl2O.C4H8O.C3Cl6O3/c1-2-3-11-6-8-18(9-7-11)15(19)20-12-4-5-13(16)14(17)10-12;1-9(2)8-6-4-3-5-7-8;1-2-3-8-4-6-9-7-5-8;8-5-2-1-4(3-6(5)9)12-7(10)11;7-5-2-1-4(9)3-6(5)8;1-2-4-5-3-1;4-2(5,6)11-1(10)12-3(7,8)9/h1,4-5,10-11H,3,6-9H2;3-7H,1-2H3;1,8-9H,3-7H2;1-3H;1-3,9H;1-4H2;. The average molecular weight is 1310 g/mol. The number of benzene rings is 4. The number of ether oxygens (including phenoxy) is 5. The Morgan fingerprint density at radius 2 is 1.09 bits per heavy atom. The van der Waals surface area contributed by atoms with Gasteiger partial charge in [0.15, 0.2) is 0 Å². The molecule has 2 N–H and O–H groups in total. The Balaban J connectivity index is 0.000000459. The highest BCUT2D eigenvalue weighted by molar-refractivity contribution is 6.67. The molecular formula is C51H54Cl13N3O9. The van der Waals surface area contributed by atoms with Crippen molar-refractivity contribution in [3.05, 3.63) is 115 Å². The van der Waals surface area contributed by atoms with Gasteiger partial charge in [0.05, 0.1) is 30.1 Å². The summed E-state index contributed by atoms with van der Waals surface area (Å²) < 4.78 is 18.3. The number of phenols is 1. The zero-order chi connectivity index (χ0) is 57.3. The number of phenolic OH excluding ortho intramolecular Hbond substituents is 1. The first-order valence-corrected chi connectivity index (χ1v) is 27.5. The van der Waals surface area contributed by atoms with Gasteiger partial charge in [0, 0.05) is 82.7 Å². The number of carbonyl (C=O) groups excluding carboxylic acids is 3. The molecule has 3 heterocycles. The second kappa shape index (κ2) is 39.6. The van der Waals surface area contributed by atoms with Gasteiger partial charge in [-0.2, -0.15) is 0 Å². The van der Waals surface area contributed by atoms with Gasteiger partial charge >= 0.3 is 25.6 Å². The molecule has 76 heavy (non-hydrogen) atoms. The van der Waals surface area contributed by atoms with Crippen LogP contribution in [0.15, 0.2) is 84.9 Å². The molecule has 1 amide bonds. The highest BCUT2D eigenvalue weighted by Gasteiger charge is 2.32. The lowest BCUT2D eigenvalue weighted by atomic mass is 9.94. The first kappa shape index (κ1) is 71.3. The molecule has 3 fully saturated rings. The quantitative estimate of drug-likeness (QED) is 0.0855. The summed E-state index contributed by atoms with van der Waals surface area (Å²) in [4.78, 5) is 36.6. The lowest BCUT2D eigenvalue weighted by Gasteiger charge is -2.30. The van der Waals surface area contributed by atoms with Crippen LogP contribution < -0.4 is 19.7 Å². The zero-order valence-electron chi connectivity index (χ0n) is 40.8. The molecule has 0 aliphatic carbocycles. The molecule has 0 bridgehead atoms. The number of terminal acetylenes is 2. The minimum absolute atomic E-state index is 0.129. The maximum absolute atomic E-state index is 12.0. The van der Waals surface area contributed by atoms with Crippen molar-refractivity contribution in [2.75, 3.05) is 58.4 Å². The summed E-state index contributed by atoms with van der Waals surface area (Å²) in [6.07, 6.45) is 17.4. The van der Waals surface area contributed by atoms with Crippen molar-refractivity contribution in [1.82, 2.24) is 10.2 Å². The van der Waals surface area contributed by atoms with Crippen LogP contribution >= 0.6 is 151 Å². The van der Waals surface area contributed by atoms with E-state index in [2.05, 4.69) is 48.4 Å². The fraction of sp³-hybridized carbons (Fsp3) is 0.392. The number of carbonyl (C=O) groups is 3. The van der Waals surface area contributed by atoms with Crippen molar-refractivity contribution in [2.24, 2.45) is 11.8 Å². The van der Waals surface area contributed by atoms with Crippen molar-refractivity contribution in [1.29, 1.82) is 0 Å². The SMILES string of the molecule is C#CCC1CCN(C(=O)Oc2ccc(Cl)c(Cl)c2)CC1.C#CCC1CCNCC1.C1CCOC1.CN(C)c1ccccc1.O=C(Cl)Oc1ccc(Cl)c(Cl)c1.O=C(OC(Cl)(Cl)Cl)OC(Cl)(Cl)Cl.Oc1ccc(Cl)c(Cl)c1. The number of likely N-dealkylation sites (tertiary alicyclic amines) is 1. The minimum Gasteiger partial charge on any atom is -0.508 e. The van der Waals surface area contributed by atoms with Gasteiger partial charge < -0.3 is 43.9 Å². The topological polar surface area (TPSA) is 136 Å². The number of rotatable bonds is 5. The number of piperidine rings is 2. The smallest absolute Gasteiger partial charge is 0.508 e. The summed E-state index contributed by atoms with van der Waals surface area (Å²) in [7, 11) is 4.07.